The van der Waals surface area contributed by atoms with Crippen molar-refractivity contribution >= 4 is 44.9 Å². The summed E-state index contributed by atoms with van der Waals surface area (Å²) in [6.07, 6.45) is 0. The van der Waals surface area contributed by atoms with Crippen molar-refractivity contribution in [2.75, 3.05) is 17.2 Å². The van der Waals surface area contributed by atoms with Crippen LogP contribution in [0.1, 0.15) is 30.3 Å². The quantitative estimate of drug-likeness (QED) is 0.333. The maximum atomic E-state index is 13.1. The molecule has 0 aliphatic carbocycles. The third kappa shape index (κ3) is 4.21. The number of benzene rings is 1. The number of nitriles is 1. The summed E-state index contributed by atoms with van der Waals surface area (Å²) in [5, 5.41) is 10.3. The van der Waals surface area contributed by atoms with Gasteiger partial charge >= 0.3 is 0 Å². The first kappa shape index (κ1) is 21.1. The number of amides is 1. The van der Waals surface area contributed by atoms with E-state index in [1.165, 1.54) is 28.0 Å². The minimum Gasteiger partial charge on any atom is -0.298 e. The van der Waals surface area contributed by atoms with Gasteiger partial charge in [0.2, 0.25) is 5.91 Å². The third-order valence-corrected chi connectivity index (χ3v) is 6.68. The molecular formula is C21H22N4O2S2. The summed E-state index contributed by atoms with van der Waals surface area (Å²) in [5.74, 6) is -0.115. The summed E-state index contributed by atoms with van der Waals surface area (Å²) in [6.45, 7) is 7.76. The van der Waals surface area contributed by atoms with E-state index in [1.54, 1.807) is 16.7 Å². The molecule has 6 nitrogen and oxygen atoms in total. The van der Waals surface area contributed by atoms with Gasteiger partial charge in [-0.25, -0.2) is 4.98 Å². The second-order valence-electron chi connectivity index (χ2n) is 6.89. The van der Waals surface area contributed by atoms with E-state index in [0.29, 0.717) is 21.1 Å². The van der Waals surface area contributed by atoms with Gasteiger partial charge in [0.05, 0.1) is 17.2 Å². The van der Waals surface area contributed by atoms with E-state index in [-0.39, 0.29) is 29.8 Å². The Kier molecular flexibility index (Phi) is 6.40. The van der Waals surface area contributed by atoms with E-state index in [4.69, 9.17) is 10.2 Å². The zero-order valence-electron chi connectivity index (χ0n) is 16.8. The normalized spacial score (nSPS) is 11.0. The first-order valence-electron chi connectivity index (χ1n) is 9.22. The fraction of sp³-hybridized carbons (Fsp3) is 0.333. The number of aromatic nitrogens is 2. The molecule has 0 bridgehead atoms. The van der Waals surface area contributed by atoms with Crippen LogP contribution in [0.2, 0.25) is 0 Å². The van der Waals surface area contributed by atoms with Crippen LogP contribution in [-0.2, 0) is 4.79 Å². The molecule has 0 atom stereocenters. The lowest BCUT2D eigenvalue weighted by atomic mass is 10.2. The molecule has 0 N–H and O–H groups in total. The summed E-state index contributed by atoms with van der Waals surface area (Å²) in [6, 6.07) is 11.1. The van der Waals surface area contributed by atoms with Crippen molar-refractivity contribution in [2.45, 2.75) is 38.9 Å². The summed E-state index contributed by atoms with van der Waals surface area (Å²) in [5.41, 5.74) is 1.57. The number of hydrogen-bond acceptors (Lipinski definition) is 6. The van der Waals surface area contributed by atoms with Crippen LogP contribution in [0.3, 0.4) is 0 Å². The third-order valence-electron chi connectivity index (χ3n) is 4.64. The van der Waals surface area contributed by atoms with E-state index in [9.17, 15) is 9.59 Å². The minimum absolute atomic E-state index is 0.0316. The van der Waals surface area contributed by atoms with Gasteiger partial charge in [0.15, 0.2) is 5.16 Å². The molecule has 0 fully saturated rings. The number of para-hydroxylation sites is 1. The average Bonchev–Trinajstić information content (AvgIpc) is 2.98. The molecule has 150 valence electrons. The van der Waals surface area contributed by atoms with Crippen LogP contribution < -0.4 is 10.5 Å². The molecule has 29 heavy (non-hydrogen) atoms. The second-order valence-corrected chi connectivity index (χ2v) is 9.03. The number of hydrogen-bond donors (Lipinski definition) is 0. The molecule has 2 aromatic heterocycles. The van der Waals surface area contributed by atoms with Crippen molar-refractivity contribution in [3.63, 3.8) is 0 Å². The van der Waals surface area contributed by atoms with Crippen LogP contribution in [0.15, 0.2) is 40.3 Å². The first-order chi connectivity index (χ1) is 13.8. The van der Waals surface area contributed by atoms with Crippen molar-refractivity contribution < 1.29 is 4.79 Å². The number of thiophene rings is 1. The number of rotatable bonds is 6. The van der Waals surface area contributed by atoms with Crippen molar-refractivity contribution in [1.29, 1.82) is 5.26 Å². The lowest BCUT2D eigenvalue weighted by Gasteiger charge is -2.20. The van der Waals surface area contributed by atoms with E-state index in [0.717, 1.165) is 10.4 Å². The molecule has 8 heteroatoms. The van der Waals surface area contributed by atoms with Gasteiger partial charge in [0.1, 0.15) is 11.4 Å². The average molecular weight is 427 g/mol. The lowest BCUT2D eigenvalue weighted by Crippen LogP contribution is -2.33. The number of carbonyl (C=O) groups excluding carboxylic acids is 1. The second kappa shape index (κ2) is 8.80. The highest BCUT2D eigenvalue weighted by molar-refractivity contribution is 7.99. The lowest BCUT2D eigenvalue weighted by molar-refractivity contribution is -0.116. The molecule has 1 aromatic carbocycles. The van der Waals surface area contributed by atoms with Gasteiger partial charge in [-0.15, -0.1) is 11.3 Å². The van der Waals surface area contributed by atoms with Crippen molar-refractivity contribution in [2.24, 2.45) is 0 Å². The number of nitrogens with zero attached hydrogens (tertiary/aromatic N) is 4. The largest absolute Gasteiger partial charge is 0.298 e. The Labute approximate surface area is 177 Å². The molecule has 0 aliphatic heterocycles. The molecule has 0 saturated heterocycles. The van der Waals surface area contributed by atoms with Crippen LogP contribution in [0, 0.1) is 25.2 Å². The molecule has 0 aliphatic rings. The number of thioether (sulfide) groups is 1. The van der Waals surface area contributed by atoms with Gasteiger partial charge in [-0.05, 0) is 45.4 Å². The van der Waals surface area contributed by atoms with Gasteiger partial charge in [0.25, 0.3) is 5.56 Å². The van der Waals surface area contributed by atoms with E-state index in [1.807, 2.05) is 52.0 Å². The van der Waals surface area contributed by atoms with Crippen LogP contribution in [0.25, 0.3) is 10.2 Å². The van der Waals surface area contributed by atoms with E-state index >= 15 is 0 Å². The molecule has 0 radical (unpaired) electrons. The zero-order chi connectivity index (χ0) is 21.1. The summed E-state index contributed by atoms with van der Waals surface area (Å²) in [7, 11) is 0. The highest BCUT2D eigenvalue weighted by Crippen LogP contribution is 2.29. The topological polar surface area (TPSA) is 79.0 Å². The monoisotopic (exact) mass is 426 g/mol. The maximum absolute atomic E-state index is 13.1. The van der Waals surface area contributed by atoms with Crippen LogP contribution in [0.5, 0.6) is 0 Å². The molecule has 3 rings (SSSR count). The Morgan fingerprint density at radius 1 is 1.31 bits per heavy atom. The number of carbonyl (C=O) groups is 1. The molecular weight excluding hydrogens is 404 g/mol. The van der Waals surface area contributed by atoms with Gasteiger partial charge in [-0.1, -0.05) is 30.0 Å². The zero-order valence-corrected chi connectivity index (χ0v) is 18.4. The Hall–Kier alpha value is -2.63. The van der Waals surface area contributed by atoms with Crippen LogP contribution in [-0.4, -0.2) is 27.8 Å². The smallest absolute Gasteiger partial charge is 0.263 e. The predicted molar refractivity (Wildman–Crippen MR) is 119 cm³/mol. The minimum atomic E-state index is -0.203. The van der Waals surface area contributed by atoms with Gasteiger partial charge in [0, 0.05) is 16.6 Å². The molecule has 0 saturated carbocycles. The Morgan fingerprint density at radius 2 is 2.00 bits per heavy atom. The van der Waals surface area contributed by atoms with Gasteiger partial charge in [-0.2, -0.15) is 5.26 Å². The summed E-state index contributed by atoms with van der Waals surface area (Å²) < 4.78 is 1.65. The van der Waals surface area contributed by atoms with E-state index < -0.39 is 0 Å². The molecule has 0 spiro atoms. The van der Waals surface area contributed by atoms with Crippen molar-refractivity contribution in [3.8, 4) is 6.07 Å². The summed E-state index contributed by atoms with van der Waals surface area (Å²) in [4.78, 5) is 33.9. The Morgan fingerprint density at radius 3 is 2.62 bits per heavy atom. The van der Waals surface area contributed by atoms with Crippen LogP contribution in [0.4, 0.5) is 5.69 Å². The number of aryl methyl sites for hydroxylation is 2. The molecule has 1 amide bonds. The molecule has 3 aromatic rings. The Bertz CT molecular complexity index is 1140. The fourth-order valence-corrected chi connectivity index (χ4v) is 5.13. The van der Waals surface area contributed by atoms with Crippen LogP contribution >= 0.6 is 23.1 Å². The highest BCUT2D eigenvalue weighted by Gasteiger charge is 2.21. The molecule has 2 heterocycles. The fourth-order valence-electron chi connectivity index (χ4n) is 3.05. The standard InChI is InChI=1S/C21H22N4O2S2/c1-13(2)25-20(27)18-14(3)15(4)29-19(18)23-21(25)28-12-17(26)24(11-10-22)16-8-6-5-7-9-16/h5-9,13H,11-12H2,1-4H3. The SMILES string of the molecule is Cc1sc2nc(SCC(=O)N(CC#N)c3ccccc3)n(C(C)C)c(=O)c2c1C. The van der Waals surface area contributed by atoms with Crippen molar-refractivity contribution in [1.82, 2.24) is 9.55 Å². The maximum Gasteiger partial charge on any atom is 0.263 e. The number of anilines is 1. The number of fused-ring (bicyclic) bond motifs is 1. The van der Waals surface area contributed by atoms with Crippen molar-refractivity contribution in [3.05, 3.63) is 51.1 Å². The molecule has 0 unspecified atom stereocenters. The first-order valence-corrected chi connectivity index (χ1v) is 11.0. The van der Waals surface area contributed by atoms with Gasteiger partial charge in [-0.3, -0.25) is 19.1 Å². The Balaban J connectivity index is 1.93. The summed E-state index contributed by atoms with van der Waals surface area (Å²) >= 11 is 2.73. The predicted octanol–water partition coefficient (Wildman–Crippen LogP) is 4.30. The van der Waals surface area contributed by atoms with E-state index in [2.05, 4.69) is 0 Å². The van der Waals surface area contributed by atoms with Gasteiger partial charge < -0.3 is 0 Å². The highest BCUT2D eigenvalue weighted by atomic mass is 32.2.